The number of halogens is 8. The maximum atomic E-state index is 13.9. The molecule has 0 heterocycles. The molecule has 0 saturated carbocycles. The van der Waals surface area contributed by atoms with Crippen LogP contribution < -0.4 is 0 Å². The van der Waals surface area contributed by atoms with Crippen LogP contribution in [0.1, 0.15) is 17.9 Å². The first-order valence-corrected chi connectivity index (χ1v) is 8.09. The van der Waals surface area contributed by atoms with E-state index in [-0.39, 0.29) is 12.5 Å². The fourth-order valence-corrected chi connectivity index (χ4v) is 2.38. The molecule has 0 aliphatic rings. The lowest BCUT2D eigenvalue weighted by atomic mass is 10.0. The number of hydrogen-bond acceptors (Lipinski definition) is 1. The highest BCUT2D eigenvalue weighted by atomic mass is 35.5. The van der Waals surface area contributed by atoms with Crippen LogP contribution in [0.5, 0.6) is 0 Å². The highest BCUT2D eigenvalue weighted by Gasteiger charge is 2.66. The molecule has 2 rings (SSSR count). The van der Waals surface area contributed by atoms with Crippen molar-refractivity contribution in [2.45, 2.75) is 36.6 Å². The molecule has 148 valence electrons. The molecule has 1 nitrogen and oxygen atoms in total. The van der Waals surface area contributed by atoms with E-state index in [9.17, 15) is 30.7 Å². The summed E-state index contributed by atoms with van der Waals surface area (Å²) in [6.45, 7) is 0.107. The Kier molecular flexibility index (Phi) is 6.11. The van der Waals surface area contributed by atoms with Crippen molar-refractivity contribution in [2.75, 3.05) is 0 Å². The third kappa shape index (κ3) is 4.55. The summed E-state index contributed by atoms with van der Waals surface area (Å²) in [5, 5.41) is -2.50. The summed E-state index contributed by atoms with van der Waals surface area (Å²) >= 11 is 5.48. The first-order chi connectivity index (χ1) is 12.4. The number of alkyl halides is 8. The number of ether oxygens (including phenoxy) is 1. The van der Waals surface area contributed by atoms with Gasteiger partial charge >= 0.3 is 18.1 Å². The Hall–Kier alpha value is -1.80. The van der Waals surface area contributed by atoms with E-state index in [1.165, 1.54) is 12.1 Å². The van der Waals surface area contributed by atoms with Gasteiger partial charge in [0.25, 0.3) is 0 Å². The molecule has 0 aromatic heterocycles. The van der Waals surface area contributed by atoms with Gasteiger partial charge in [0.05, 0.1) is 0 Å². The van der Waals surface area contributed by atoms with Gasteiger partial charge in [-0.15, -0.1) is 11.6 Å². The summed E-state index contributed by atoms with van der Waals surface area (Å²) in [6, 6.07) is 13.9. The summed E-state index contributed by atoms with van der Waals surface area (Å²) in [6.07, 6.45) is -14.1. The van der Waals surface area contributed by atoms with E-state index in [4.69, 9.17) is 11.6 Å². The van der Waals surface area contributed by atoms with Gasteiger partial charge in [0.1, 0.15) is 5.38 Å². The monoisotopic (exact) mass is 414 g/mol. The Bertz CT molecular complexity index is 748. The topological polar surface area (TPSA) is 9.23 Å². The Morgan fingerprint density at radius 3 is 1.78 bits per heavy atom. The van der Waals surface area contributed by atoms with Gasteiger partial charge in [0.15, 0.2) is 6.17 Å². The molecule has 0 bridgehead atoms. The SMILES string of the molecule is CC(F)C(F)(F)C(F)(F)OC(F)(F)C(Cl)c1ccc(-c2ccccc2)cc1. The van der Waals surface area contributed by atoms with Crippen LogP contribution in [0.15, 0.2) is 54.6 Å². The standard InChI is InChI=1S/C18H14ClF7O/c1-11(20)16(21,22)18(25,26)27-17(23,24)15(19)14-9-7-13(8-10-14)12-5-3-2-4-6-12/h2-11,15H,1H3. The Labute approximate surface area is 155 Å². The van der Waals surface area contributed by atoms with Crippen LogP contribution in [0.4, 0.5) is 30.7 Å². The smallest absolute Gasteiger partial charge is 0.249 e. The van der Waals surface area contributed by atoms with Gasteiger partial charge in [0.2, 0.25) is 0 Å². The van der Waals surface area contributed by atoms with Gasteiger partial charge in [0, 0.05) is 0 Å². The number of hydrogen-bond donors (Lipinski definition) is 0. The van der Waals surface area contributed by atoms with E-state index in [1.54, 1.807) is 30.3 Å². The lowest BCUT2D eigenvalue weighted by Crippen LogP contribution is -2.52. The Morgan fingerprint density at radius 2 is 1.30 bits per heavy atom. The molecule has 9 heteroatoms. The molecule has 2 aromatic rings. The zero-order valence-corrected chi connectivity index (χ0v) is 14.5. The van der Waals surface area contributed by atoms with Crippen molar-refractivity contribution in [3.63, 3.8) is 0 Å². The quantitative estimate of drug-likeness (QED) is 0.356. The third-order valence-corrected chi connectivity index (χ3v) is 4.26. The molecule has 27 heavy (non-hydrogen) atoms. The largest absolute Gasteiger partial charge is 0.426 e. The second-order valence-electron chi connectivity index (χ2n) is 5.77. The summed E-state index contributed by atoms with van der Waals surface area (Å²) in [5.74, 6) is -5.45. The van der Waals surface area contributed by atoms with E-state index in [2.05, 4.69) is 4.74 Å². The van der Waals surface area contributed by atoms with E-state index in [0.717, 1.165) is 17.7 Å². The molecule has 2 aromatic carbocycles. The van der Waals surface area contributed by atoms with Crippen molar-refractivity contribution in [2.24, 2.45) is 0 Å². The Balaban J connectivity index is 2.21. The highest BCUT2D eigenvalue weighted by molar-refractivity contribution is 6.21. The van der Waals surface area contributed by atoms with Crippen LogP contribution in [0.3, 0.4) is 0 Å². The molecule has 2 atom stereocenters. The average molecular weight is 415 g/mol. The molecule has 2 unspecified atom stereocenters. The summed E-state index contributed by atoms with van der Waals surface area (Å²) in [4.78, 5) is 0. The van der Waals surface area contributed by atoms with Crippen LogP contribution in [0.25, 0.3) is 11.1 Å². The molecule has 0 aliphatic carbocycles. The van der Waals surface area contributed by atoms with E-state index in [0.29, 0.717) is 5.56 Å². The van der Waals surface area contributed by atoms with Gasteiger partial charge in [-0.1, -0.05) is 54.6 Å². The molecule has 0 saturated heterocycles. The van der Waals surface area contributed by atoms with Crippen molar-refractivity contribution >= 4 is 11.6 Å². The van der Waals surface area contributed by atoms with Crippen molar-refractivity contribution < 1.29 is 35.5 Å². The fourth-order valence-electron chi connectivity index (χ4n) is 2.19. The summed E-state index contributed by atoms with van der Waals surface area (Å²) in [5.41, 5.74) is 1.06. The second kappa shape index (κ2) is 7.67. The van der Waals surface area contributed by atoms with E-state index < -0.39 is 29.7 Å². The zero-order valence-electron chi connectivity index (χ0n) is 13.8. The molecular formula is C18H14ClF7O. The fraction of sp³-hybridized carbons (Fsp3) is 0.333. The lowest BCUT2D eigenvalue weighted by molar-refractivity contribution is -0.437. The molecule has 0 spiro atoms. The molecule has 0 fully saturated rings. The predicted octanol–water partition coefficient (Wildman–Crippen LogP) is 6.83. The highest BCUT2D eigenvalue weighted by Crippen LogP contribution is 2.47. The maximum absolute atomic E-state index is 13.9. The minimum Gasteiger partial charge on any atom is -0.249 e. The van der Waals surface area contributed by atoms with Crippen LogP contribution in [0, 0.1) is 0 Å². The van der Waals surface area contributed by atoms with Crippen LogP contribution in [-0.4, -0.2) is 24.3 Å². The van der Waals surface area contributed by atoms with Gasteiger partial charge in [-0.2, -0.15) is 26.3 Å². The van der Waals surface area contributed by atoms with Gasteiger partial charge in [-0.25, -0.2) is 9.13 Å². The minimum absolute atomic E-state index is 0.107. The van der Waals surface area contributed by atoms with Crippen molar-refractivity contribution in [1.82, 2.24) is 0 Å². The summed E-state index contributed by atoms with van der Waals surface area (Å²) < 4.78 is 96.5. The number of benzene rings is 2. The molecule has 0 N–H and O–H groups in total. The molecule has 0 aliphatic heterocycles. The molecule has 0 amide bonds. The van der Waals surface area contributed by atoms with Crippen LogP contribution in [-0.2, 0) is 4.74 Å². The molecular weight excluding hydrogens is 401 g/mol. The number of rotatable bonds is 7. The minimum atomic E-state index is -5.76. The first-order valence-electron chi connectivity index (χ1n) is 7.65. The van der Waals surface area contributed by atoms with Crippen LogP contribution in [0.2, 0.25) is 0 Å². The third-order valence-electron chi connectivity index (χ3n) is 3.76. The van der Waals surface area contributed by atoms with E-state index >= 15 is 0 Å². The average Bonchev–Trinajstić information content (AvgIpc) is 2.61. The normalized spacial score (nSPS) is 15.4. The molecule has 0 radical (unpaired) electrons. The maximum Gasteiger partial charge on any atom is 0.426 e. The van der Waals surface area contributed by atoms with Crippen molar-refractivity contribution in [1.29, 1.82) is 0 Å². The van der Waals surface area contributed by atoms with E-state index in [1.807, 2.05) is 0 Å². The lowest BCUT2D eigenvalue weighted by Gasteiger charge is -2.32. The van der Waals surface area contributed by atoms with Gasteiger partial charge in [-0.05, 0) is 23.6 Å². The van der Waals surface area contributed by atoms with Crippen molar-refractivity contribution in [3.05, 3.63) is 60.2 Å². The van der Waals surface area contributed by atoms with Gasteiger partial charge in [-0.3, -0.25) is 0 Å². The van der Waals surface area contributed by atoms with Crippen LogP contribution >= 0.6 is 11.6 Å². The predicted molar refractivity (Wildman–Crippen MR) is 87.0 cm³/mol. The zero-order chi connectivity index (χ0) is 20.5. The first kappa shape index (κ1) is 21.5. The summed E-state index contributed by atoms with van der Waals surface area (Å²) in [7, 11) is 0. The van der Waals surface area contributed by atoms with Gasteiger partial charge < -0.3 is 0 Å². The van der Waals surface area contributed by atoms with Crippen molar-refractivity contribution in [3.8, 4) is 11.1 Å². The Morgan fingerprint density at radius 1 is 0.815 bits per heavy atom. The second-order valence-corrected chi connectivity index (χ2v) is 6.21.